The molecular formula is C111H108F3N17. The van der Waals surface area contributed by atoms with E-state index in [2.05, 4.69) is 303 Å². The number of H-pyrrole nitrogens is 1. The fourth-order valence-corrected chi connectivity index (χ4v) is 16.2. The highest BCUT2D eigenvalue weighted by Gasteiger charge is 2.36. The zero-order valence-electron chi connectivity index (χ0n) is 74.1. The summed E-state index contributed by atoms with van der Waals surface area (Å²) in [5, 5.41) is 0. The zero-order valence-corrected chi connectivity index (χ0v) is 74.1. The predicted molar refractivity (Wildman–Crippen MR) is 524 cm³/mol. The van der Waals surface area contributed by atoms with Crippen molar-refractivity contribution in [3.05, 3.63) is 438 Å². The molecule has 0 unspecified atom stereocenters. The molecule has 18 aromatic rings. The van der Waals surface area contributed by atoms with E-state index < -0.39 is 12.0 Å². The quantitative estimate of drug-likeness (QED) is 0.0360. The van der Waals surface area contributed by atoms with Gasteiger partial charge in [0.05, 0.1) is 54.6 Å². The van der Waals surface area contributed by atoms with Gasteiger partial charge in [-0.1, -0.05) is 347 Å². The molecule has 0 saturated heterocycles. The number of nitrogens with one attached hydrogen (secondary N) is 1. The molecule has 0 fully saturated rings. The maximum absolute atomic E-state index is 13.2. The van der Waals surface area contributed by atoms with Crippen molar-refractivity contribution < 1.29 is 13.2 Å². The van der Waals surface area contributed by atoms with E-state index in [4.69, 9.17) is 10.7 Å². The summed E-state index contributed by atoms with van der Waals surface area (Å²) in [5.74, 6) is -0.0500. The van der Waals surface area contributed by atoms with Gasteiger partial charge in [0.25, 0.3) is 0 Å². The van der Waals surface area contributed by atoms with E-state index in [9.17, 15) is 13.2 Å². The van der Waals surface area contributed by atoms with Crippen LogP contribution in [0.25, 0.3) is 78.3 Å². The molecule has 0 atom stereocenters. The Labute approximate surface area is 763 Å². The molecule has 0 aliphatic heterocycles. The fraction of sp³-hybridized carbons (Fsp3) is 0.207. The first-order valence-electron chi connectivity index (χ1n) is 45.3. The molecule has 20 heteroatoms. The number of imidazole rings is 4. The van der Waals surface area contributed by atoms with Crippen LogP contribution in [0.3, 0.4) is 0 Å². The molecule has 8 aromatic heterocycles. The van der Waals surface area contributed by atoms with Crippen LogP contribution >= 0.6 is 0 Å². The lowest BCUT2D eigenvalue weighted by Crippen LogP contribution is -2.13. The van der Waals surface area contributed by atoms with Crippen molar-refractivity contribution in [2.24, 2.45) is 14.1 Å². The first-order valence-corrected chi connectivity index (χ1v) is 45.3. The van der Waals surface area contributed by atoms with Crippen molar-refractivity contribution >= 4 is 72.9 Å². The molecule has 0 radical (unpaired) electrons. The first kappa shape index (κ1) is 90.7. The van der Waals surface area contributed by atoms with Gasteiger partial charge in [-0.05, 0) is 175 Å². The van der Waals surface area contributed by atoms with Gasteiger partial charge in [0.15, 0.2) is 28.4 Å². The fourth-order valence-electron chi connectivity index (χ4n) is 16.2. The average molecular weight is 1740 g/mol. The molecule has 0 bridgehead atoms. The van der Waals surface area contributed by atoms with E-state index in [1.165, 1.54) is 83.3 Å². The van der Waals surface area contributed by atoms with Crippen LogP contribution in [0.2, 0.25) is 0 Å². The Bertz CT molecular complexity index is 6540. The molecule has 18 rings (SSSR count). The van der Waals surface area contributed by atoms with Crippen LogP contribution in [0.4, 0.5) is 19.1 Å². The molecule has 0 saturated carbocycles. The second kappa shape index (κ2) is 46.6. The van der Waals surface area contributed by atoms with Crippen LogP contribution in [-0.4, -0.2) is 78.5 Å². The molecule has 0 spiro atoms. The number of nitrogens with two attached hydrogens (primary N) is 1. The monoisotopic (exact) mass is 1740 g/mol. The summed E-state index contributed by atoms with van der Waals surface area (Å²) in [7, 11) is 3.60. The number of unbranched alkanes of at least 4 members (excludes halogenated alkanes) is 11. The summed E-state index contributed by atoms with van der Waals surface area (Å²) in [5.41, 5.74) is 32.5. The van der Waals surface area contributed by atoms with Gasteiger partial charge in [0.2, 0.25) is 11.8 Å². The zero-order chi connectivity index (χ0) is 90.0. The molecule has 0 amide bonds. The van der Waals surface area contributed by atoms with Gasteiger partial charge in [-0.3, -0.25) is 0 Å². The maximum atomic E-state index is 13.2. The summed E-state index contributed by atoms with van der Waals surface area (Å²) in [6, 6.07) is 105. The van der Waals surface area contributed by atoms with E-state index in [0.717, 1.165) is 178 Å². The molecule has 10 aromatic carbocycles. The van der Waals surface area contributed by atoms with Gasteiger partial charge < -0.3 is 24.4 Å². The van der Waals surface area contributed by atoms with Crippen LogP contribution < -0.4 is 5.73 Å². The van der Waals surface area contributed by atoms with Gasteiger partial charge in [0, 0.05) is 19.7 Å². The number of aromatic nitrogens is 16. The van der Waals surface area contributed by atoms with Crippen molar-refractivity contribution in [2.45, 2.75) is 135 Å². The van der Waals surface area contributed by atoms with Gasteiger partial charge in [0.1, 0.15) is 28.4 Å². The van der Waals surface area contributed by atoms with Gasteiger partial charge in [-0.2, -0.15) is 18.2 Å². The number of rotatable bonds is 34. The number of fused-ring (bicyclic) bond motifs is 4. The second-order valence-corrected chi connectivity index (χ2v) is 32.3. The van der Waals surface area contributed by atoms with Gasteiger partial charge >= 0.3 is 6.18 Å². The Morgan fingerprint density at radius 3 is 1.11 bits per heavy atom. The Morgan fingerprint density at radius 2 is 0.679 bits per heavy atom. The number of hydrogen-bond acceptors (Lipinski definition) is 13. The van der Waals surface area contributed by atoms with Crippen LogP contribution in [0.5, 0.6) is 0 Å². The van der Waals surface area contributed by atoms with Gasteiger partial charge in [-0.25, -0.2) is 54.8 Å². The third kappa shape index (κ3) is 25.3. The molecule has 3 N–H and O–H groups in total. The number of alkyl halides is 3. The summed E-state index contributed by atoms with van der Waals surface area (Å²) in [6.07, 6.45) is 31.8. The molecule has 131 heavy (non-hydrogen) atoms. The third-order valence-corrected chi connectivity index (χ3v) is 22.9. The number of aromatic amines is 1. The topological polar surface area (TPSA) is 211 Å². The molecule has 0 aliphatic carbocycles. The van der Waals surface area contributed by atoms with Crippen LogP contribution in [0, 0.1) is 0 Å². The largest absolute Gasteiger partial charge is 0.451 e. The Morgan fingerprint density at radius 1 is 0.328 bits per heavy atom. The van der Waals surface area contributed by atoms with Crippen molar-refractivity contribution in [1.82, 2.24) is 78.5 Å². The number of halogens is 3. The minimum atomic E-state index is -4.58. The standard InChI is InChI=1S/C31H31N5.C30H28N4.C26H25F3N4.C24H24N4/c32-31-34-28(29-30(35-31)36(23-33-29)22-24-14-6-3-7-15-24)21-13-2-1-12-20-27(25-16-8-4-9-17-25)26-18-10-5-11-19-26;1(12-20-26(23-14-6-3-7-15-23)24-16-8-4-9-17-24)2-13-21-27-28-30(32-22-31-28)34-29(33-27)25-18-10-5-11-19-25;1-33-18-30-23-22(31-25(26(27,28)29)32-24(23)33)17-11-3-2-10-16-21(19-12-6-4-7-13-19)20-14-8-5-9-15-20;1-28-18-27-23-22(25-17-26-24(23)28)16-10-4-9-15-21(19-11-5-2-6-12-19)20-13-7-3-8-14-20/h3-11,14-20,23H,1-2,12-13,21-22H2,(H2,32,34,35);3-11,14-20,22H,1-2,12-13,21H2,(H,31,32,33,34);4-9,12-16,18H,2-3,10-11,17H2,1H3;2-3,5-8,11-15,17-18H,4,9-10,16H2,1H3. The lowest BCUT2D eigenvalue weighted by atomic mass is 9.96. The summed E-state index contributed by atoms with van der Waals surface area (Å²) in [4.78, 5) is 55.6. The first-order chi connectivity index (χ1) is 64.4. The Hall–Kier alpha value is -15.1. The number of anilines is 1. The van der Waals surface area contributed by atoms with E-state index in [1.54, 1.807) is 26.0 Å². The maximum Gasteiger partial charge on any atom is 0.451 e. The molecule has 8 heterocycles. The number of aryl methyl sites for hydroxylation is 6. The van der Waals surface area contributed by atoms with Gasteiger partial charge in [-0.15, -0.1) is 0 Å². The van der Waals surface area contributed by atoms with E-state index in [0.29, 0.717) is 30.1 Å². The lowest BCUT2D eigenvalue weighted by molar-refractivity contribution is -0.144. The van der Waals surface area contributed by atoms with E-state index >= 15 is 0 Å². The third-order valence-electron chi connectivity index (χ3n) is 22.9. The van der Waals surface area contributed by atoms with Crippen molar-refractivity contribution in [2.75, 3.05) is 5.73 Å². The lowest BCUT2D eigenvalue weighted by Gasteiger charge is -2.09. The van der Waals surface area contributed by atoms with Crippen LogP contribution in [0.15, 0.2) is 359 Å². The van der Waals surface area contributed by atoms with Crippen molar-refractivity contribution in [3.8, 4) is 11.4 Å². The minimum absolute atomic E-state index is 0.214. The molecular weight excluding hydrogens is 1630 g/mol. The van der Waals surface area contributed by atoms with Crippen molar-refractivity contribution in [3.63, 3.8) is 0 Å². The highest BCUT2D eigenvalue weighted by Crippen LogP contribution is 2.33. The van der Waals surface area contributed by atoms with Crippen LogP contribution in [0.1, 0.15) is 175 Å². The van der Waals surface area contributed by atoms with Crippen LogP contribution in [-0.2, 0) is 52.5 Å². The smallest absolute Gasteiger partial charge is 0.368 e. The number of nitrogen functional groups attached to an aromatic ring is 1. The Kier molecular flexibility index (Phi) is 32.3. The van der Waals surface area contributed by atoms with Crippen molar-refractivity contribution in [1.29, 1.82) is 0 Å². The molecule has 17 nitrogen and oxygen atoms in total. The summed E-state index contributed by atoms with van der Waals surface area (Å²) < 4.78 is 45.1. The Balaban J connectivity index is 0.000000134. The molecule has 0 aliphatic rings. The normalized spacial score (nSPS) is 11.1. The van der Waals surface area contributed by atoms with E-state index in [-0.39, 0.29) is 5.65 Å². The SMILES string of the molecule is C(CCCCCc1nc(-c2ccccc2)nc2nc[nH]c12)=C(c1ccccc1)c1ccccc1.Cn1cnc2c(CCCCC=C(c3ccccc3)c3ccccc3)ncnc21.Cn1cnc2c(CCCCCC=C(c3ccccc3)c3ccccc3)nc(C(F)(F)F)nc21.Nc1nc(CCCCCC=C(c2ccccc2)c2ccccc2)c2ncn(Cc3ccccc3)c2n1. The minimum Gasteiger partial charge on any atom is -0.368 e. The highest BCUT2D eigenvalue weighted by molar-refractivity contribution is 5.84. The number of hydrogen-bond donors (Lipinski definition) is 2. The summed E-state index contributed by atoms with van der Waals surface area (Å²) in [6.45, 7) is 0.713. The second-order valence-electron chi connectivity index (χ2n) is 32.3. The predicted octanol–water partition coefficient (Wildman–Crippen LogP) is 25.8. The molecule has 658 valence electrons. The number of benzene rings is 10. The number of nitrogens with zero attached hydrogens (tertiary/aromatic N) is 15. The average Bonchev–Trinajstić information content (AvgIpc) is 1.66. The summed E-state index contributed by atoms with van der Waals surface area (Å²) >= 11 is 0. The number of allylic oxidation sites excluding steroid dienone is 4. The highest BCUT2D eigenvalue weighted by atomic mass is 19.4. The van der Waals surface area contributed by atoms with E-state index in [1.807, 2.05) is 107 Å².